The average molecular weight is 448 g/mol. The maximum absolute atomic E-state index is 13.5. The van der Waals surface area contributed by atoms with E-state index in [1.807, 2.05) is 0 Å². The van der Waals surface area contributed by atoms with E-state index < -0.39 is 0 Å². The molecule has 0 heterocycles. The van der Waals surface area contributed by atoms with E-state index in [1.54, 1.807) is 0 Å². The van der Waals surface area contributed by atoms with E-state index in [9.17, 15) is 4.79 Å². The molecule has 0 aromatic carbocycles. The first kappa shape index (κ1) is 27.7. The van der Waals surface area contributed by atoms with Gasteiger partial charge < -0.3 is 4.90 Å². The lowest BCUT2D eigenvalue weighted by Gasteiger charge is -2.47. The number of unbranched alkanes of at least 4 members (excludes halogenated alkanes) is 12. The molecule has 0 bridgehead atoms. The molecule has 2 nitrogen and oxygen atoms in total. The van der Waals surface area contributed by atoms with Crippen LogP contribution in [0.3, 0.4) is 0 Å². The summed E-state index contributed by atoms with van der Waals surface area (Å²) < 4.78 is 0. The molecule has 4 atom stereocenters. The van der Waals surface area contributed by atoms with Crippen LogP contribution >= 0.6 is 0 Å². The fourth-order valence-corrected chi connectivity index (χ4v) is 6.46. The van der Waals surface area contributed by atoms with Crippen molar-refractivity contribution < 1.29 is 4.79 Å². The van der Waals surface area contributed by atoms with Gasteiger partial charge in [0.25, 0.3) is 0 Å². The molecule has 2 fully saturated rings. The molecule has 0 aromatic rings. The first-order valence-electron chi connectivity index (χ1n) is 15.0. The van der Waals surface area contributed by atoms with E-state index in [2.05, 4.69) is 25.7 Å². The quantitative estimate of drug-likeness (QED) is 0.216. The Morgan fingerprint density at radius 3 is 1.38 bits per heavy atom. The highest BCUT2D eigenvalue weighted by molar-refractivity contribution is 5.77. The van der Waals surface area contributed by atoms with Gasteiger partial charge in [-0.15, -0.1) is 0 Å². The van der Waals surface area contributed by atoms with Crippen LogP contribution in [0.1, 0.15) is 162 Å². The molecule has 4 unspecified atom stereocenters. The second kappa shape index (κ2) is 17.0. The second-order valence-corrected chi connectivity index (χ2v) is 11.5. The number of rotatable bonds is 16. The molecule has 2 heteroatoms. The molecule has 0 aromatic heterocycles. The minimum Gasteiger partial charge on any atom is -0.336 e. The lowest BCUT2D eigenvalue weighted by molar-refractivity contribution is -0.141. The Labute approximate surface area is 201 Å². The minimum absolute atomic E-state index is 0.491. The highest BCUT2D eigenvalue weighted by Crippen LogP contribution is 2.36. The van der Waals surface area contributed by atoms with Crippen molar-refractivity contribution in [2.75, 3.05) is 0 Å². The van der Waals surface area contributed by atoms with Crippen LogP contribution in [-0.4, -0.2) is 22.9 Å². The van der Waals surface area contributed by atoms with Gasteiger partial charge in [0.1, 0.15) is 0 Å². The number of carbonyl (C=O) groups excluding carboxylic acids is 1. The third kappa shape index (κ3) is 10.2. The van der Waals surface area contributed by atoms with Gasteiger partial charge in [-0.1, -0.05) is 124 Å². The third-order valence-corrected chi connectivity index (χ3v) is 8.63. The van der Waals surface area contributed by atoms with E-state index in [-0.39, 0.29) is 0 Å². The van der Waals surface area contributed by atoms with Gasteiger partial charge in [0.05, 0.1) is 0 Å². The standard InChI is InChI=1S/C30H57NO/c1-4-5-6-7-8-9-10-11-12-13-14-15-16-25-30(32)31(28-23-19-17-21-26(28)2)29-24-20-18-22-27(29)3/h26-29H,4-25H2,1-3H3. The zero-order valence-electron chi connectivity index (χ0n) is 22.2. The Morgan fingerprint density at radius 2 is 0.969 bits per heavy atom. The minimum atomic E-state index is 0.491. The maximum atomic E-state index is 13.5. The SMILES string of the molecule is CCCCCCCCCCCCCCCC(=O)N(C1CCCCC1C)C1CCCCC1C. The highest BCUT2D eigenvalue weighted by atomic mass is 16.2. The predicted molar refractivity (Wildman–Crippen MR) is 140 cm³/mol. The summed E-state index contributed by atoms with van der Waals surface area (Å²) in [5.74, 6) is 1.87. The van der Waals surface area contributed by atoms with E-state index in [0.717, 1.165) is 12.8 Å². The Morgan fingerprint density at radius 1 is 0.594 bits per heavy atom. The topological polar surface area (TPSA) is 20.3 Å². The first-order chi connectivity index (χ1) is 15.6. The Kier molecular flexibility index (Phi) is 14.7. The number of carbonyl (C=O) groups is 1. The van der Waals surface area contributed by atoms with Crippen molar-refractivity contribution in [2.24, 2.45) is 11.8 Å². The van der Waals surface area contributed by atoms with Crippen LogP contribution in [0, 0.1) is 11.8 Å². The van der Waals surface area contributed by atoms with Gasteiger partial charge in [0.15, 0.2) is 0 Å². The molecule has 0 N–H and O–H groups in total. The lowest BCUT2D eigenvalue weighted by atomic mass is 9.79. The van der Waals surface area contributed by atoms with Crippen molar-refractivity contribution in [3.63, 3.8) is 0 Å². The molecule has 1 amide bonds. The zero-order valence-corrected chi connectivity index (χ0v) is 22.2. The van der Waals surface area contributed by atoms with E-state index in [1.165, 1.54) is 128 Å². The normalized spacial score (nSPS) is 26.2. The summed E-state index contributed by atoms with van der Waals surface area (Å²) in [5, 5.41) is 0. The molecular formula is C30H57NO. The van der Waals surface area contributed by atoms with Gasteiger partial charge in [0.2, 0.25) is 5.91 Å². The van der Waals surface area contributed by atoms with Crippen LogP contribution < -0.4 is 0 Å². The fourth-order valence-electron chi connectivity index (χ4n) is 6.46. The summed E-state index contributed by atoms with van der Waals surface area (Å²) >= 11 is 0. The van der Waals surface area contributed by atoms with Gasteiger partial charge in [-0.05, 0) is 43.9 Å². The van der Waals surface area contributed by atoms with E-state index >= 15 is 0 Å². The number of amides is 1. The van der Waals surface area contributed by atoms with Gasteiger partial charge in [-0.2, -0.15) is 0 Å². The summed E-state index contributed by atoms with van der Waals surface area (Å²) in [4.78, 5) is 15.9. The largest absolute Gasteiger partial charge is 0.336 e. The molecular weight excluding hydrogens is 390 g/mol. The van der Waals surface area contributed by atoms with Crippen molar-refractivity contribution in [1.29, 1.82) is 0 Å². The van der Waals surface area contributed by atoms with Crippen LogP contribution in [0.2, 0.25) is 0 Å². The summed E-state index contributed by atoms with van der Waals surface area (Å²) in [6, 6.07) is 1.03. The van der Waals surface area contributed by atoms with Gasteiger partial charge in [-0.25, -0.2) is 0 Å². The fraction of sp³-hybridized carbons (Fsp3) is 0.967. The van der Waals surface area contributed by atoms with Crippen molar-refractivity contribution in [2.45, 2.75) is 174 Å². The van der Waals surface area contributed by atoms with E-state index in [4.69, 9.17) is 0 Å². The maximum Gasteiger partial charge on any atom is 0.223 e. The monoisotopic (exact) mass is 447 g/mol. The Hall–Kier alpha value is -0.530. The van der Waals surface area contributed by atoms with Gasteiger partial charge in [-0.3, -0.25) is 4.79 Å². The van der Waals surface area contributed by atoms with Crippen molar-refractivity contribution in [3.8, 4) is 0 Å². The number of nitrogens with zero attached hydrogens (tertiary/aromatic N) is 1. The van der Waals surface area contributed by atoms with Crippen LogP contribution in [0.5, 0.6) is 0 Å². The summed E-state index contributed by atoms with van der Waals surface area (Å²) in [6.07, 6.45) is 29.1. The molecule has 2 aliphatic rings. The number of hydrogen-bond acceptors (Lipinski definition) is 1. The predicted octanol–water partition coefficient (Wildman–Crippen LogP) is 9.45. The molecule has 0 saturated heterocycles. The molecule has 32 heavy (non-hydrogen) atoms. The van der Waals surface area contributed by atoms with Gasteiger partial charge in [0, 0.05) is 18.5 Å². The first-order valence-corrected chi connectivity index (χ1v) is 15.0. The highest BCUT2D eigenvalue weighted by Gasteiger charge is 2.37. The Balaban J connectivity index is 1.62. The van der Waals surface area contributed by atoms with Crippen LogP contribution in [0.25, 0.3) is 0 Å². The van der Waals surface area contributed by atoms with Crippen molar-refractivity contribution in [1.82, 2.24) is 4.90 Å². The number of hydrogen-bond donors (Lipinski definition) is 0. The summed E-state index contributed by atoms with van der Waals surface area (Å²) in [7, 11) is 0. The molecule has 0 aliphatic heterocycles. The second-order valence-electron chi connectivity index (χ2n) is 11.5. The van der Waals surface area contributed by atoms with Crippen molar-refractivity contribution in [3.05, 3.63) is 0 Å². The molecule has 2 aliphatic carbocycles. The Bertz CT molecular complexity index is 453. The van der Waals surface area contributed by atoms with Crippen LogP contribution in [-0.2, 0) is 4.79 Å². The van der Waals surface area contributed by atoms with Crippen molar-refractivity contribution >= 4 is 5.91 Å². The van der Waals surface area contributed by atoms with E-state index in [0.29, 0.717) is 29.8 Å². The van der Waals surface area contributed by atoms with Crippen LogP contribution in [0.4, 0.5) is 0 Å². The average Bonchev–Trinajstić information content (AvgIpc) is 2.79. The molecule has 0 radical (unpaired) electrons. The molecule has 188 valence electrons. The summed E-state index contributed by atoms with van der Waals surface area (Å²) in [5.41, 5.74) is 0. The third-order valence-electron chi connectivity index (χ3n) is 8.63. The molecule has 2 saturated carbocycles. The molecule has 2 rings (SSSR count). The van der Waals surface area contributed by atoms with Crippen LogP contribution in [0.15, 0.2) is 0 Å². The smallest absolute Gasteiger partial charge is 0.223 e. The zero-order chi connectivity index (χ0) is 23.0. The molecule has 0 spiro atoms. The summed E-state index contributed by atoms with van der Waals surface area (Å²) in [6.45, 7) is 7.10. The lowest BCUT2D eigenvalue weighted by Crippen LogP contribution is -2.53. The van der Waals surface area contributed by atoms with Gasteiger partial charge >= 0.3 is 0 Å².